The van der Waals surface area contributed by atoms with Crippen LogP contribution in [0.5, 0.6) is 0 Å². The van der Waals surface area contributed by atoms with E-state index in [1.165, 1.54) is 0 Å². The van der Waals surface area contributed by atoms with E-state index in [-0.39, 0.29) is 18.0 Å². The molecule has 6 unspecified atom stereocenters. The molecule has 0 spiro atoms. The predicted molar refractivity (Wildman–Crippen MR) is 133 cm³/mol. The molecule has 2 aliphatic heterocycles. The summed E-state index contributed by atoms with van der Waals surface area (Å²) in [6, 6.07) is 2.36. The molecule has 2 fully saturated rings. The van der Waals surface area contributed by atoms with Gasteiger partial charge in [0, 0.05) is 19.8 Å². The Bertz CT molecular complexity index is 573. The van der Waals surface area contributed by atoms with Gasteiger partial charge in [0.2, 0.25) is 0 Å². The van der Waals surface area contributed by atoms with Gasteiger partial charge < -0.3 is 35.1 Å². The van der Waals surface area contributed by atoms with Crippen LogP contribution in [0.1, 0.15) is 19.8 Å². The second-order valence-corrected chi connectivity index (χ2v) is 22.2. The van der Waals surface area contributed by atoms with Gasteiger partial charge in [-0.2, -0.15) is 0 Å². The van der Waals surface area contributed by atoms with Crippen LogP contribution in [0.4, 0.5) is 0 Å². The fraction of sp³-hybridized carbons (Fsp3) is 0.944. The van der Waals surface area contributed by atoms with Crippen LogP contribution >= 0.6 is 0 Å². The molecule has 0 aromatic rings. The second-order valence-electron chi connectivity index (χ2n) is 8.98. The molecule has 9 nitrogen and oxygen atoms in total. The largest absolute Gasteiger partial charge is 0.465 e. The van der Waals surface area contributed by atoms with E-state index in [9.17, 15) is 4.79 Å². The van der Waals surface area contributed by atoms with Crippen molar-refractivity contribution in [2.75, 3.05) is 33.5 Å². The molecule has 0 saturated carbocycles. The van der Waals surface area contributed by atoms with E-state index >= 15 is 0 Å². The zero-order valence-electron chi connectivity index (χ0n) is 20.6. The van der Waals surface area contributed by atoms with Gasteiger partial charge >= 0.3 is 23.1 Å². The number of esters is 1. The van der Waals surface area contributed by atoms with Crippen LogP contribution in [0.3, 0.4) is 0 Å². The van der Waals surface area contributed by atoms with E-state index in [0.29, 0.717) is 25.9 Å². The molecule has 0 amide bonds. The molecule has 0 bridgehead atoms. The Hall–Kier alpha value is 0.274. The molecule has 0 N–H and O–H groups in total. The zero-order valence-corrected chi connectivity index (χ0v) is 26.3. The molecular formula is C18H42O9Si5. The third-order valence-corrected chi connectivity index (χ3v) is 22.3. The van der Waals surface area contributed by atoms with Crippen LogP contribution in [-0.2, 0) is 39.9 Å². The molecule has 0 aliphatic carbocycles. The van der Waals surface area contributed by atoms with Gasteiger partial charge in [-0.25, -0.2) is 0 Å². The monoisotopic (exact) mass is 542 g/mol. The third kappa shape index (κ3) is 11.1. The Balaban J connectivity index is 1.90. The van der Waals surface area contributed by atoms with E-state index in [1.54, 1.807) is 7.11 Å². The molecule has 6 atom stereocenters. The first-order valence-corrected chi connectivity index (χ1v) is 22.5. The Morgan fingerprint density at radius 3 is 2.50 bits per heavy atom. The van der Waals surface area contributed by atoms with Crippen molar-refractivity contribution in [3.8, 4) is 0 Å². The summed E-state index contributed by atoms with van der Waals surface area (Å²) in [5.41, 5.74) is 0. The number of hydrogen-bond donors (Lipinski definition) is 0. The zero-order chi connectivity index (χ0) is 23.6. The second kappa shape index (κ2) is 14.0. The third-order valence-electron chi connectivity index (χ3n) is 5.34. The van der Waals surface area contributed by atoms with Crippen molar-refractivity contribution >= 4 is 51.4 Å². The van der Waals surface area contributed by atoms with Gasteiger partial charge in [-0.05, 0) is 51.1 Å². The fourth-order valence-corrected chi connectivity index (χ4v) is 22.4. The summed E-state index contributed by atoms with van der Waals surface area (Å²) in [5, 5.41) is 0. The van der Waals surface area contributed by atoms with Crippen LogP contribution in [-0.4, -0.2) is 91.1 Å². The standard InChI is InChI=1S/C18H42O9Si5/c1-16(18(19)22-10-7-11-28-20-2)15-32(6)26-30(4)24-29(3)25-31(5,27-32)12-8-9-21-13-17-14-23-17/h16-17,29-30H,7-15,28H2,1-6H3. The SMILES string of the molecule is CO[SiH2]CCCOC(=O)C(C)C[Si]1(C)O[SiH](C)O[SiH](C)O[Si](C)(CCCOCC2CO2)O1. The van der Waals surface area contributed by atoms with E-state index in [4.69, 9.17) is 35.1 Å². The van der Waals surface area contributed by atoms with Crippen LogP contribution < -0.4 is 0 Å². The van der Waals surface area contributed by atoms with Crippen molar-refractivity contribution in [1.82, 2.24) is 0 Å². The molecule has 2 aliphatic rings. The maximum Gasteiger partial charge on any atom is 0.318 e. The highest BCUT2D eigenvalue weighted by atomic mass is 28.5. The molecule has 2 saturated heterocycles. The van der Waals surface area contributed by atoms with Gasteiger partial charge in [-0.15, -0.1) is 0 Å². The lowest BCUT2D eigenvalue weighted by Crippen LogP contribution is -2.59. The van der Waals surface area contributed by atoms with Crippen molar-refractivity contribution in [2.24, 2.45) is 5.92 Å². The van der Waals surface area contributed by atoms with Gasteiger partial charge in [0.15, 0.2) is 9.76 Å². The van der Waals surface area contributed by atoms with Crippen LogP contribution in [0, 0.1) is 5.92 Å². The van der Waals surface area contributed by atoms with E-state index in [0.717, 1.165) is 31.5 Å². The first-order chi connectivity index (χ1) is 15.1. The fourth-order valence-electron chi connectivity index (χ4n) is 3.91. The predicted octanol–water partition coefficient (Wildman–Crippen LogP) is 1.43. The Kier molecular flexibility index (Phi) is 12.5. The molecule has 188 valence electrons. The normalized spacial score (nSPS) is 34.2. The minimum atomic E-state index is -2.69. The highest BCUT2D eigenvalue weighted by Crippen LogP contribution is 2.31. The summed E-state index contributed by atoms with van der Waals surface area (Å²) >= 11 is 0. The maximum absolute atomic E-state index is 12.6. The number of epoxide rings is 1. The van der Waals surface area contributed by atoms with Crippen molar-refractivity contribution in [3.63, 3.8) is 0 Å². The number of carbonyl (C=O) groups is 1. The summed E-state index contributed by atoms with van der Waals surface area (Å²) < 4.78 is 47.3. The lowest BCUT2D eigenvalue weighted by Gasteiger charge is -2.43. The van der Waals surface area contributed by atoms with Gasteiger partial charge in [0.25, 0.3) is 18.6 Å². The highest BCUT2D eigenvalue weighted by Gasteiger charge is 2.48. The Labute approximate surface area is 200 Å². The molecule has 0 radical (unpaired) electrons. The summed E-state index contributed by atoms with van der Waals surface area (Å²) in [6.45, 7) is 12.6. The number of carbonyl (C=O) groups excluding carboxylic acids is 1. The summed E-state index contributed by atoms with van der Waals surface area (Å²) in [6.07, 6.45) is 1.99. The average Bonchev–Trinajstić information content (AvgIpc) is 3.49. The molecule has 2 rings (SSSR count). The summed E-state index contributed by atoms with van der Waals surface area (Å²) in [4.78, 5) is 12.6. The van der Waals surface area contributed by atoms with E-state index in [2.05, 4.69) is 6.55 Å². The van der Waals surface area contributed by atoms with Gasteiger partial charge in [0.05, 0.1) is 25.7 Å². The van der Waals surface area contributed by atoms with Gasteiger partial charge in [-0.3, -0.25) is 4.79 Å². The number of rotatable bonds is 14. The smallest absolute Gasteiger partial charge is 0.318 e. The van der Waals surface area contributed by atoms with Crippen LogP contribution in [0.15, 0.2) is 0 Å². The van der Waals surface area contributed by atoms with Gasteiger partial charge in [-0.1, -0.05) is 6.92 Å². The van der Waals surface area contributed by atoms with E-state index < -0.39 is 45.5 Å². The van der Waals surface area contributed by atoms with Crippen LogP contribution in [0.25, 0.3) is 0 Å². The molecule has 32 heavy (non-hydrogen) atoms. The molecule has 0 aromatic carbocycles. The molecule has 2 heterocycles. The average molecular weight is 543 g/mol. The molecular weight excluding hydrogens is 501 g/mol. The Morgan fingerprint density at radius 2 is 1.84 bits per heavy atom. The maximum atomic E-state index is 12.6. The quantitative estimate of drug-likeness (QED) is 0.140. The molecule has 0 aromatic heterocycles. The Morgan fingerprint density at radius 1 is 1.16 bits per heavy atom. The first kappa shape index (κ1) is 28.5. The van der Waals surface area contributed by atoms with Crippen molar-refractivity contribution in [3.05, 3.63) is 0 Å². The summed E-state index contributed by atoms with van der Waals surface area (Å²) in [5.74, 6) is -0.480. The topological polar surface area (TPSA) is 94.2 Å². The minimum Gasteiger partial charge on any atom is -0.465 e. The lowest BCUT2D eigenvalue weighted by atomic mass is 10.2. The van der Waals surface area contributed by atoms with Crippen LogP contribution in [0.2, 0.25) is 44.3 Å². The van der Waals surface area contributed by atoms with Gasteiger partial charge in [0.1, 0.15) is 6.10 Å². The van der Waals surface area contributed by atoms with E-state index in [1.807, 2.05) is 26.6 Å². The minimum absolute atomic E-state index is 0.190. The van der Waals surface area contributed by atoms with Crippen molar-refractivity contribution in [2.45, 2.75) is 70.2 Å². The highest BCUT2D eigenvalue weighted by molar-refractivity contribution is 6.86. The van der Waals surface area contributed by atoms with Crippen molar-refractivity contribution < 1.29 is 39.9 Å². The number of ether oxygens (including phenoxy) is 3. The number of hydrogen-bond acceptors (Lipinski definition) is 9. The molecule has 14 heteroatoms. The first-order valence-electron chi connectivity index (χ1n) is 11.7. The van der Waals surface area contributed by atoms with Crippen molar-refractivity contribution in [1.29, 1.82) is 0 Å². The lowest BCUT2D eigenvalue weighted by molar-refractivity contribution is -0.147. The summed E-state index contributed by atoms with van der Waals surface area (Å²) in [7, 11) is -7.66.